The molecule has 0 fully saturated rings. The van der Waals surface area contributed by atoms with E-state index >= 15 is 0 Å². The van der Waals surface area contributed by atoms with Gasteiger partial charge in [-0.15, -0.1) is 0 Å². The molecule has 0 aliphatic heterocycles. The number of carbonyl (C=O) groups is 1. The van der Waals surface area contributed by atoms with Gasteiger partial charge >= 0.3 is 0 Å². The number of carbonyl (C=O) groups excluding carboxylic acids is 1. The minimum atomic E-state index is -0.0934. The van der Waals surface area contributed by atoms with Crippen molar-refractivity contribution in [3.05, 3.63) is 63.6 Å². The Balaban J connectivity index is 1.70. The Bertz CT molecular complexity index is 930. The summed E-state index contributed by atoms with van der Waals surface area (Å²) in [6.45, 7) is 6.23. The first-order valence-corrected chi connectivity index (χ1v) is 8.90. The molecule has 1 aromatic heterocycles. The van der Waals surface area contributed by atoms with Crippen LogP contribution in [0.2, 0.25) is 0 Å². The van der Waals surface area contributed by atoms with Crippen LogP contribution in [0.4, 0.5) is 11.5 Å². The molecule has 0 aliphatic carbocycles. The summed E-state index contributed by atoms with van der Waals surface area (Å²) < 4.78 is 0.934. The van der Waals surface area contributed by atoms with Crippen molar-refractivity contribution < 1.29 is 4.79 Å². The number of fused-ring (bicyclic) bond motifs is 1. The molecule has 2 N–H and O–H groups in total. The minimum Gasteiger partial charge on any atom is -0.361 e. The summed E-state index contributed by atoms with van der Waals surface area (Å²) >= 11 is 3.51. The molecule has 0 bridgehead atoms. The average molecular weight is 398 g/mol. The first-order chi connectivity index (χ1) is 11.9. The Morgan fingerprint density at radius 1 is 1.08 bits per heavy atom. The fourth-order valence-corrected chi connectivity index (χ4v) is 3.41. The van der Waals surface area contributed by atoms with Crippen molar-refractivity contribution in [1.82, 2.24) is 4.98 Å². The summed E-state index contributed by atoms with van der Waals surface area (Å²) in [5.74, 6) is 0.580. The molecule has 5 heteroatoms. The quantitative estimate of drug-likeness (QED) is 0.652. The number of aryl methyl sites for hydroxylation is 3. The second kappa shape index (κ2) is 7.23. The van der Waals surface area contributed by atoms with Crippen LogP contribution in [0.5, 0.6) is 0 Å². The molecule has 25 heavy (non-hydrogen) atoms. The number of nitrogens with zero attached hydrogens (tertiary/aromatic N) is 1. The van der Waals surface area contributed by atoms with Crippen LogP contribution in [0.3, 0.4) is 0 Å². The fraction of sp³-hybridized carbons (Fsp3) is 0.200. The van der Waals surface area contributed by atoms with Gasteiger partial charge in [-0.2, -0.15) is 0 Å². The molecule has 4 nitrogen and oxygen atoms in total. The number of para-hydroxylation sites is 1. The first-order valence-electron chi connectivity index (χ1n) is 8.11. The van der Waals surface area contributed by atoms with Crippen LogP contribution < -0.4 is 10.6 Å². The van der Waals surface area contributed by atoms with E-state index in [1.54, 1.807) is 0 Å². The lowest BCUT2D eigenvalue weighted by atomic mass is 10.1. The van der Waals surface area contributed by atoms with E-state index in [4.69, 9.17) is 0 Å². The summed E-state index contributed by atoms with van der Waals surface area (Å²) in [6.07, 6.45) is 0. The highest BCUT2D eigenvalue weighted by molar-refractivity contribution is 9.10. The summed E-state index contributed by atoms with van der Waals surface area (Å²) in [4.78, 5) is 16.9. The van der Waals surface area contributed by atoms with Gasteiger partial charge in [0.05, 0.1) is 12.1 Å². The van der Waals surface area contributed by atoms with E-state index in [-0.39, 0.29) is 12.5 Å². The summed E-state index contributed by atoms with van der Waals surface area (Å²) in [7, 11) is 0. The number of halogens is 1. The molecule has 2 aromatic carbocycles. The van der Waals surface area contributed by atoms with Gasteiger partial charge in [0, 0.05) is 15.5 Å². The molecule has 0 atom stereocenters. The van der Waals surface area contributed by atoms with Crippen molar-refractivity contribution >= 4 is 44.2 Å². The zero-order chi connectivity index (χ0) is 18.0. The second-order valence-corrected chi connectivity index (χ2v) is 7.04. The first kappa shape index (κ1) is 17.4. The number of nitrogens with one attached hydrogen (secondary N) is 2. The Morgan fingerprint density at radius 2 is 1.80 bits per heavy atom. The van der Waals surface area contributed by atoms with E-state index in [0.717, 1.165) is 32.2 Å². The number of anilines is 2. The number of pyridine rings is 1. The molecule has 0 spiro atoms. The maximum Gasteiger partial charge on any atom is 0.243 e. The number of hydrogen-bond acceptors (Lipinski definition) is 3. The van der Waals surface area contributed by atoms with Gasteiger partial charge in [0.15, 0.2) is 0 Å². The lowest BCUT2D eigenvalue weighted by molar-refractivity contribution is -0.114. The van der Waals surface area contributed by atoms with Crippen LogP contribution >= 0.6 is 15.9 Å². The largest absolute Gasteiger partial charge is 0.361 e. The minimum absolute atomic E-state index is 0.0934. The predicted molar refractivity (Wildman–Crippen MR) is 107 cm³/mol. The van der Waals surface area contributed by atoms with Crippen molar-refractivity contribution in [1.29, 1.82) is 0 Å². The number of aromatic nitrogens is 1. The van der Waals surface area contributed by atoms with Crippen molar-refractivity contribution in [2.45, 2.75) is 20.8 Å². The highest BCUT2D eigenvalue weighted by Gasteiger charge is 2.09. The number of hydrogen-bond donors (Lipinski definition) is 2. The summed E-state index contributed by atoms with van der Waals surface area (Å²) in [5, 5.41) is 7.13. The van der Waals surface area contributed by atoms with Crippen LogP contribution in [0.15, 0.2) is 46.9 Å². The SMILES string of the molecule is Cc1cc(C)c(NC(=O)CNc2ccc3cccc(Br)c3n2)c(C)c1. The smallest absolute Gasteiger partial charge is 0.243 e. The highest BCUT2D eigenvalue weighted by Crippen LogP contribution is 2.24. The lowest BCUT2D eigenvalue weighted by Crippen LogP contribution is -2.23. The average Bonchev–Trinajstić information content (AvgIpc) is 2.57. The molecular weight excluding hydrogens is 378 g/mol. The maximum absolute atomic E-state index is 12.3. The second-order valence-electron chi connectivity index (χ2n) is 6.18. The van der Waals surface area contributed by atoms with Crippen molar-refractivity contribution in [3.8, 4) is 0 Å². The standard InChI is InChI=1S/C20H20BrN3O/c1-12-9-13(2)19(14(3)10-12)24-18(25)11-22-17-8-7-15-5-4-6-16(21)20(15)23-17/h4-10H,11H2,1-3H3,(H,22,23)(H,24,25). The van der Waals surface area contributed by atoms with Gasteiger partial charge in [-0.1, -0.05) is 29.8 Å². The predicted octanol–water partition coefficient (Wildman–Crippen LogP) is 4.97. The molecule has 0 aliphatic rings. The van der Waals surface area contributed by atoms with Gasteiger partial charge in [-0.25, -0.2) is 4.98 Å². The molecule has 128 valence electrons. The van der Waals surface area contributed by atoms with Crippen molar-refractivity contribution in [2.24, 2.45) is 0 Å². The topological polar surface area (TPSA) is 54.0 Å². The number of amides is 1. The normalized spacial score (nSPS) is 10.7. The molecule has 1 heterocycles. The molecule has 1 amide bonds. The van der Waals surface area contributed by atoms with E-state index in [1.807, 2.05) is 44.2 Å². The van der Waals surface area contributed by atoms with Crippen molar-refractivity contribution in [2.75, 3.05) is 17.2 Å². The van der Waals surface area contributed by atoms with Gasteiger partial charge in [-0.3, -0.25) is 4.79 Å². The molecule has 3 aromatic rings. The Labute approximate surface area is 155 Å². The molecule has 0 unspecified atom stereocenters. The van der Waals surface area contributed by atoms with Gasteiger partial charge < -0.3 is 10.6 Å². The number of benzene rings is 2. The van der Waals surface area contributed by atoms with Crippen LogP contribution in [0, 0.1) is 20.8 Å². The van der Waals surface area contributed by atoms with Gasteiger partial charge in [0.2, 0.25) is 5.91 Å². The number of rotatable bonds is 4. The van der Waals surface area contributed by atoms with E-state index in [2.05, 4.69) is 50.6 Å². The molecule has 3 rings (SSSR count). The van der Waals surface area contributed by atoms with Gasteiger partial charge in [-0.05, 0) is 66.0 Å². The third kappa shape index (κ3) is 3.99. The van der Waals surface area contributed by atoms with E-state index in [9.17, 15) is 4.79 Å². The lowest BCUT2D eigenvalue weighted by Gasteiger charge is -2.13. The third-order valence-electron chi connectivity index (χ3n) is 4.04. The molecule has 0 saturated carbocycles. The summed E-state index contributed by atoms with van der Waals surface area (Å²) in [5.41, 5.74) is 5.08. The monoisotopic (exact) mass is 397 g/mol. The zero-order valence-electron chi connectivity index (χ0n) is 14.5. The highest BCUT2D eigenvalue weighted by atomic mass is 79.9. The van der Waals surface area contributed by atoms with E-state index in [1.165, 1.54) is 5.56 Å². The van der Waals surface area contributed by atoms with Crippen LogP contribution in [-0.2, 0) is 4.79 Å². The van der Waals surface area contributed by atoms with Crippen LogP contribution in [-0.4, -0.2) is 17.4 Å². The van der Waals surface area contributed by atoms with Crippen molar-refractivity contribution in [3.63, 3.8) is 0 Å². The molecular formula is C20H20BrN3O. The van der Waals surface area contributed by atoms with E-state index in [0.29, 0.717) is 5.82 Å². The summed E-state index contributed by atoms with van der Waals surface area (Å²) in [6, 6.07) is 13.9. The Hall–Kier alpha value is -2.40. The van der Waals surface area contributed by atoms with E-state index < -0.39 is 0 Å². The molecule has 0 saturated heterocycles. The van der Waals surface area contributed by atoms with Crippen LogP contribution in [0.1, 0.15) is 16.7 Å². The zero-order valence-corrected chi connectivity index (χ0v) is 16.1. The van der Waals surface area contributed by atoms with Gasteiger partial charge in [0.1, 0.15) is 5.82 Å². The van der Waals surface area contributed by atoms with Gasteiger partial charge in [0.25, 0.3) is 0 Å². The fourth-order valence-electron chi connectivity index (χ4n) is 2.94. The Morgan fingerprint density at radius 3 is 2.52 bits per heavy atom. The maximum atomic E-state index is 12.3. The molecule has 0 radical (unpaired) electrons. The Kier molecular flexibility index (Phi) is 5.04. The third-order valence-corrected chi connectivity index (χ3v) is 4.68. The van der Waals surface area contributed by atoms with Crippen LogP contribution in [0.25, 0.3) is 10.9 Å².